The van der Waals surface area contributed by atoms with Crippen LogP contribution in [-0.2, 0) is 9.59 Å². The summed E-state index contributed by atoms with van der Waals surface area (Å²) in [6.45, 7) is 5.67. The number of likely N-dealkylation sites (N-methyl/N-ethyl adjacent to an activating group) is 1. The molecule has 1 aromatic rings. The van der Waals surface area contributed by atoms with Crippen LogP contribution in [0.3, 0.4) is 0 Å². The van der Waals surface area contributed by atoms with Crippen LogP contribution in [0.5, 0.6) is 0 Å². The SMILES string of the molecule is CCN(CC(=O)Nc1c(F)cccc1F)C(=O)C(CC)(CC)CN.Cl. The molecule has 0 aliphatic carbocycles. The van der Waals surface area contributed by atoms with Crippen molar-refractivity contribution in [3.8, 4) is 0 Å². The van der Waals surface area contributed by atoms with E-state index in [0.29, 0.717) is 19.4 Å². The summed E-state index contributed by atoms with van der Waals surface area (Å²) < 4.78 is 27.2. The zero-order chi connectivity index (χ0) is 18.3. The largest absolute Gasteiger partial charge is 0.333 e. The minimum absolute atomic E-state index is 0. The van der Waals surface area contributed by atoms with E-state index in [1.165, 1.54) is 11.0 Å². The van der Waals surface area contributed by atoms with Crippen molar-refractivity contribution in [2.75, 3.05) is 25.0 Å². The standard InChI is InChI=1S/C17H25F2N3O2.ClH/c1-4-17(5-2,11-20)16(24)22(6-3)10-14(23)21-15-12(18)8-7-9-13(15)19;/h7-9H,4-6,10-11,20H2,1-3H3,(H,21,23);1H. The molecule has 1 aromatic carbocycles. The lowest BCUT2D eigenvalue weighted by molar-refractivity contribution is -0.144. The molecule has 0 aliphatic rings. The van der Waals surface area contributed by atoms with Crippen molar-refractivity contribution in [2.24, 2.45) is 11.1 Å². The monoisotopic (exact) mass is 377 g/mol. The lowest BCUT2D eigenvalue weighted by Crippen LogP contribution is -2.49. The maximum atomic E-state index is 13.6. The van der Waals surface area contributed by atoms with Gasteiger partial charge in [-0.05, 0) is 31.9 Å². The van der Waals surface area contributed by atoms with Crippen LogP contribution in [0.15, 0.2) is 18.2 Å². The number of carbonyl (C=O) groups excluding carboxylic acids is 2. The van der Waals surface area contributed by atoms with Gasteiger partial charge >= 0.3 is 0 Å². The topological polar surface area (TPSA) is 75.4 Å². The minimum Gasteiger partial charge on any atom is -0.333 e. The molecule has 25 heavy (non-hydrogen) atoms. The quantitative estimate of drug-likeness (QED) is 0.731. The minimum atomic E-state index is -0.865. The molecule has 0 bridgehead atoms. The highest BCUT2D eigenvalue weighted by atomic mass is 35.5. The van der Waals surface area contributed by atoms with Crippen LogP contribution >= 0.6 is 12.4 Å². The Bertz CT molecular complexity index is 567. The van der Waals surface area contributed by atoms with Gasteiger partial charge in [0.25, 0.3) is 0 Å². The van der Waals surface area contributed by atoms with Gasteiger partial charge in [-0.3, -0.25) is 9.59 Å². The molecule has 8 heteroatoms. The fourth-order valence-electron chi connectivity index (χ4n) is 2.56. The predicted octanol–water partition coefficient (Wildman–Crippen LogP) is 2.94. The van der Waals surface area contributed by atoms with Crippen LogP contribution in [0.2, 0.25) is 0 Å². The van der Waals surface area contributed by atoms with E-state index in [1.807, 2.05) is 13.8 Å². The van der Waals surface area contributed by atoms with Crippen molar-refractivity contribution in [1.82, 2.24) is 4.90 Å². The Morgan fingerprint density at radius 1 is 1.16 bits per heavy atom. The van der Waals surface area contributed by atoms with Gasteiger partial charge in [-0.1, -0.05) is 19.9 Å². The lowest BCUT2D eigenvalue weighted by atomic mass is 9.81. The summed E-state index contributed by atoms with van der Waals surface area (Å²) in [5.41, 5.74) is 4.53. The third-order valence-electron chi connectivity index (χ3n) is 4.43. The Balaban J connectivity index is 0.00000576. The number of amides is 2. The molecule has 0 fully saturated rings. The van der Waals surface area contributed by atoms with Crippen LogP contribution in [0.1, 0.15) is 33.6 Å². The molecule has 2 amide bonds. The summed E-state index contributed by atoms with van der Waals surface area (Å²) in [6.07, 6.45) is 1.11. The number of anilines is 1. The molecule has 1 rings (SSSR count). The third kappa shape index (κ3) is 5.37. The van der Waals surface area contributed by atoms with E-state index in [1.54, 1.807) is 6.92 Å². The summed E-state index contributed by atoms with van der Waals surface area (Å²) in [4.78, 5) is 26.2. The molecule has 142 valence electrons. The Labute approximate surface area is 153 Å². The second-order valence-corrected chi connectivity index (χ2v) is 5.66. The fraction of sp³-hybridized carbons (Fsp3) is 0.529. The van der Waals surface area contributed by atoms with Gasteiger partial charge in [0, 0.05) is 13.1 Å². The van der Waals surface area contributed by atoms with Gasteiger partial charge in [0.2, 0.25) is 11.8 Å². The third-order valence-corrected chi connectivity index (χ3v) is 4.43. The number of para-hydroxylation sites is 1. The molecule has 0 spiro atoms. The van der Waals surface area contributed by atoms with Crippen molar-refractivity contribution in [2.45, 2.75) is 33.6 Å². The van der Waals surface area contributed by atoms with Crippen molar-refractivity contribution < 1.29 is 18.4 Å². The number of benzene rings is 1. The number of halogens is 3. The molecule has 5 nitrogen and oxygen atoms in total. The molecular formula is C17H26ClF2N3O2. The van der Waals surface area contributed by atoms with Gasteiger partial charge in [0.05, 0.1) is 12.0 Å². The molecule has 0 saturated carbocycles. The van der Waals surface area contributed by atoms with Gasteiger partial charge in [-0.25, -0.2) is 8.78 Å². The molecule has 0 unspecified atom stereocenters. The molecular weight excluding hydrogens is 352 g/mol. The Hall–Kier alpha value is -1.73. The smallest absolute Gasteiger partial charge is 0.244 e. The molecule has 0 saturated heterocycles. The first-order valence-electron chi connectivity index (χ1n) is 8.08. The van der Waals surface area contributed by atoms with Gasteiger partial charge in [0.1, 0.15) is 17.3 Å². The number of rotatable bonds is 8. The van der Waals surface area contributed by atoms with Gasteiger partial charge in [-0.2, -0.15) is 0 Å². The number of hydrogen-bond donors (Lipinski definition) is 2. The number of carbonyl (C=O) groups is 2. The van der Waals surface area contributed by atoms with E-state index in [2.05, 4.69) is 5.32 Å². The Morgan fingerprint density at radius 3 is 2.08 bits per heavy atom. The van der Waals surface area contributed by atoms with Gasteiger partial charge in [0.15, 0.2) is 0 Å². The number of hydrogen-bond acceptors (Lipinski definition) is 3. The van der Waals surface area contributed by atoms with Crippen LogP contribution in [0.4, 0.5) is 14.5 Å². The zero-order valence-corrected chi connectivity index (χ0v) is 15.6. The molecule has 0 aromatic heterocycles. The maximum Gasteiger partial charge on any atom is 0.244 e. The first kappa shape index (κ1) is 23.3. The van der Waals surface area contributed by atoms with Gasteiger partial charge in [-0.15, -0.1) is 12.4 Å². The summed E-state index contributed by atoms with van der Waals surface area (Å²) in [6, 6.07) is 3.31. The second-order valence-electron chi connectivity index (χ2n) is 5.66. The summed E-state index contributed by atoms with van der Waals surface area (Å²) in [7, 11) is 0. The number of nitrogens with one attached hydrogen (secondary N) is 1. The molecule has 0 radical (unpaired) electrons. The average Bonchev–Trinajstić information content (AvgIpc) is 2.58. The molecule has 0 aliphatic heterocycles. The van der Waals surface area contributed by atoms with Crippen molar-refractivity contribution in [3.05, 3.63) is 29.8 Å². The van der Waals surface area contributed by atoms with Crippen LogP contribution < -0.4 is 11.1 Å². The van der Waals surface area contributed by atoms with Crippen LogP contribution in [0.25, 0.3) is 0 Å². The van der Waals surface area contributed by atoms with Crippen LogP contribution in [0, 0.1) is 17.0 Å². The molecule has 3 N–H and O–H groups in total. The van der Waals surface area contributed by atoms with Gasteiger partial charge < -0.3 is 16.0 Å². The zero-order valence-electron chi connectivity index (χ0n) is 14.8. The second kappa shape index (κ2) is 10.3. The van der Waals surface area contributed by atoms with E-state index >= 15 is 0 Å². The van der Waals surface area contributed by atoms with E-state index in [4.69, 9.17) is 5.73 Å². The molecule has 0 heterocycles. The Morgan fingerprint density at radius 2 is 1.68 bits per heavy atom. The van der Waals surface area contributed by atoms with E-state index in [9.17, 15) is 18.4 Å². The van der Waals surface area contributed by atoms with Crippen molar-refractivity contribution in [3.63, 3.8) is 0 Å². The molecule has 0 atom stereocenters. The summed E-state index contributed by atoms with van der Waals surface area (Å²) in [5, 5.41) is 2.19. The average molecular weight is 378 g/mol. The van der Waals surface area contributed by atoms with E-state index < -0.39 is 28.6 Å². The van der Waals surface area contributed by atoms with E-state index in [0.717, 1.165) is 12.1 Å². The number of nitrogens with two attached hydrogens (primary N) is 1. The lowest BCUT2D eigenvalue weighted by Gasteiger charge is -2.34. The van der Waals surface area contributed by atoms with Crippen molar-refractivity contribution in [1.29, 1.82) is 0 Å². The highest BCUT2D eigenvalue weighted by Crippen LogP contribution is 2.27. The normalized spacial score (nSPS) is 10.8. The van der Waals surface area contributed by atoms with Crippen molar-refractivity contribution >= 4 is 29.9 Å². The first-order valence-corrected chi connectivity index (χ1v) is 8.08. The van der Waals surface area contributed by atoms with Crippen LogP contribution in [-0.4, -0.2) is 36.3 Å². The number of nitrogens with zero attached hydrogens (tertiary/aromatic N) is 1. The summed E-state index contributed by atoms with van der Waals surface area (Å²) >= 11 is 0. The Kier molecular flexibility index (Phi) is 9.59. The maximum absolute atomic E-state index is 13.6. The van der Waals surface area contributed by atoms with E-state index in [-0.39, 0.29) is 31.4 Å². The predicted molar refractivity (Wildman–Crippen MR) is 96.6 cm³/mol. The summed E-state index contributed by atoms with van der Waals surface area (Å²) in [5.74, 6) is -2.61. The highest BCUT2D eigenvalue weighted by Gasteiger charge is 2.37. The fourth-order valence-corrected chi connectivity index (χ4v) is 2.56. The highest BCUT2D eigenvalue weighted by molar-refractivity contribution is 5.95. The first-order chi connectivity index (χ1) is 11.3.